The number of carbonyl (C=O) groups is 3. The maximum Gasteiger partial charge on any atom is 0.243 e. The highest BCUT2D eigenvalue weighted by Gasteiger charge is 2.32. The second-order valence-corrected chi connectivity index (χ2v) is 8.57. The molecule has 2 fully saturated rings. The number of nitriles is 2. The van der Waals surface area contributed by atoms with Crippen molar-refractivity contribution >= 4 is 17.7 Å². The normalized spacial score (nSPS) is 26.0. The molecule has 0 radical (unpaired) electrons. The number of amides is 3. The molecule has 2 aliphatic rings. The second kappa shape index (κ2) is 10.8. The highest BCUT2D eigenvalue weighted by atomic mass is 16.2. The van der Waals surface area contributed by atoms with Gasteiger partial charge >= 0.3 is 0 Å². The van der Waals surface area contributed by atoms with Crippen LogP contribution < -0.4 is 16.0 Å². The van der Waals surface area contributed by atoms with Crippen LogP contribution in [0.15, 0.2) is 0 Å². The van der Waals surface area contributed by atoms with Crippen molar-refractivity contribution in [1.29, 1.82) is 10.5 Å². The SMILES string of the molecule is CC(C)C[C@H](NC(=O)[C@H]1CC[C@H](C#N)CC1)C(=O)N[C@H](C#N)C[C@@H]1CCNC1=O. The van der Waals surface area contributed by atoms with Gasteiger partial charge in [-0.25, -0.2) is 0 Å². The fourth-order valence-corrected chi connectivity index (χ4v) is 4.05. The summed E-state index contributed by atoms with van der Waals surface area (Å²) in [5, 5.41) is 26.7. The first-order valence-corrected chi connectivity index (χ1v) is 10.5. The van der Waals surface area contributed by atoms with Crippen LogP contribution in [0.25, 0.3) is 0 Å². The lowest BCUT2D eigenvalue weighted by atomic mass is 9.82. The van der Waals surface area contributed by atoms with E-state index in [1.165, 1.54) is 0 Å². The molecule has 1 saturated carbocycles. The predicted octanol–water partition coefficient (Wildman–Crippen LogP) is 1.38. The molecule has 29 heavy (non-hydrogen) atoms. The van der Waals surface area contributed by atoms with E-state index >= 15 is 0 Å². The third-order valence-corrected chi connectivity index (χ3v) is 5.78. The summed E-state index contributed by atoms with van der Waals surface area (Å²) in [6, 6.07) is 2.83. The van der Waals surface area contributed by atoms with E-state index in [2.05, 4.69) is 28.1 Å². The van der Waals surface area contributed by atoms with Gasteiger partial charge in [-0.15, -0.1) is 0 Å². The van der Waals surface area contributed by atoms with Crippen molar-refractivity contribution in [3.05, 3.63) is 0 Å². The summed E-state index contributed by atoms with van der Waals surface area (Å²) < 4.78 is 0. The number of nitrogens with zero attached hydrogens (tertiary/aromatic N) is 2. The van der Waals surface area contributed by atoms with Crippen molar-refractivity contribution in [2.24, 2.45) is 23.7 Å². The molecule has 8 nitrogen and oxygen atoms in total. The first-order chi connectivity index (χ1) is 13.8. The third kappa shape index (κ3) is 6.74. The van der Waals surface area contributed by atoms with Crippen molar-refractivity contribution in [3.63, 3.8) is 0 Å². The summed E-state index contributed by atoms with van der Waals surface area (Å²) in [7, 11) is 0. The van der Waals surface area contributed by atoms with Crippen LogP contribution >= 0.6 is 0 Å². The minimum absolute atomic E-state index is 0.0120. The Morgan fingerprint density at radius 2 is 1.83 bits per heavy atom. The molecule has 1 heterocycles. The van der Waals surface area contributed by atoms with E-state index in [9.17, 15) is 19.6 Å². The summed E-state index contributed by atoms with van der Waals surface area (Å²) >= 11 is 0. The Kier molecular flexibility index (Phi) is 8.45. The summed E-state index contributed by atoms with van der Waals surface area (Å²) in [6.45, 7) is 4.53. The number of carbonyl (C=O) groups excluding carboxylic acids is 3. The van der Waals surface area contributed by atoms with E-state index in [1.807, 2.05) is 13.8 Å². The van der Waals surface area contributed by atoms with Gasteiger partial charge in [-0.05, 0) is 50.9 Å². The first kappa shape index (κ1) is 22.7. The van der Waals surface area contributed by atoms with Crippen molar-refractivity contribution in [3.8, 4) is 12.1 Å². The van der Waals surface area contributed by atoms with Gasteiger partial charge in [0.1, 0.15) is 12.1 Å². The Bertz CT molecular complexity index is 685. The highest BCUT2D eigenvalue weighted by Crippen LogP contribution is 2.28. The molecule has 158 valence electrons. The zero-order valence-corrected chi connectivity index (χ0v) is 17.2. The number of rotatable bonds is 8. The molecule has 3 atom stereocenters. The summed E-state index contributed by atoms with van der Waals surface area (Å²) in [6.07, 6.45) is 4.10. The van der Waals surface area contributed by atoms with Crippen molar-refractivity contribution in [2.45, 2.75) is 70.9 Å². The molecule has 0 bridgehead atoms. The number of hydrogen-bond acceptors (Lipinski definition) is 5. The molecular weight excluding hydrogens is 370 g/mol. The zero-order valence-electron chi connectivity index (χ0n) is 17.2. The molecule has 0 aromatic carbocycles. The third-order valence-electron chi connectivity index (χ3n) is 5.78. The molecule has 1 aliphatic heterocycles. The van der Waals surface area contributed by atoms with E-state index in [0.29, 0.717) is 45.1 Å². The molecule has 0 aromatic rings. The number of hydrogen-bond donors (Lipinski definition) is 3. The van der Waals surface area contributed by atoms with E-state index in [1.54, 1.807) is 0 Å². The minimum atomic E-state index is -0.769. The zero-order chi connectivity index (χ0) is 21.4. The van der Waals surface area contributed by atoms with Crippen LogP contribution in [-0.4, -0.2) is 36.3 Å². The van der Waals surface area contributed by atoms with Crippen LogP contribution in [0.2, 0.25) is 0 Å². The molecule has 3 N–H and O–H groups in total. The van der Waals surface area contributed by atoms with Gasteiger partial charge in [0.15, 0.2) is 0 Å². The lowest BCUT2D eigenvalue weighted by Gasteiger charge is -2.27. The Labute approximate surface area is 172 Å². The van der Waals surface area contributed by atoms with Crippen LogP contribution in [0.1, 0.15) is 58.8 Å². The van der Waals surface area contributed by atoms with Crippen LogP contribution in [0.4, 0.5) is 0 Å². The lowest BCUT2D eigenvalue weighted by Crippen LogP contribution is -2.51. The molecular formula is C21H31N5O3. The fourth-order valence-electron chi connectivity index (χ4n) is 4.05. The second-order valence-electron chi connectivity index (χ2n) is 8.57. The molecule has 0 aromatic heterocycles. The molecule has 3 amide bonds. The van der Waals surface area contributed by atoms with Gasteiger partial charge in [0, 0.05) is 24.3 Å². The Balaban J connectivity index is 1.94. The average Bonchev–Trinajstić information content (AvgIpc) is 3.10. The van der Waals surface area contributed by atoms with Crippen LogP contribution in [0.5, 0.6) is 0 Å². The van der Waals surface area contributed by atoms with Gasteiger partial charge in [0.25, 0.3) is 0 Å². The Morgan fingerprint density at radius 3 is 2.34 bits per heavy atom. The van der Waals surface area contributed by atoms with E-state index < -0.39 is 12.1 Å². The molecule has 8 heteroatoms. The molecule has 1 saturated heterocycles. The topological polar surface area (TPSA) is 135 Å². The van der Waals surface area contributed by atoms with Gasteiger partial charge in [-0.1, -0.05) is 13.8 Å². The van der Waals surface area contributed by atoms with Crippen molar-refractivity contribution in [1.82, 2.24) is 16.0 Å². The lowest BCUT2D eigenvalue weighted by molar-refractivity contribution is -0.132. The van der Waals surface area contributed by atoms with Gasteiger partial charge in [-0.2, -0.15) is 10.5 Å². The van der Waals surface area contributed by atoms with Crippen LogP contribution in [0.3, 0.4) is 0 Å². The van der Waals surface area contributed by atoms with Gasteiger partial charge < -0.3 is 16.0 Å². The van der Waals surface area contributed by atoms with Crippen LogP contribution in [0, 0.1) is 46.3 Å². The summed E-state index contributed by atoms with van der Waals surface area (Å²) in [4.78, 5) is 37.2. The van der Waals surface area contributed by atoms with Crippen LogP contribution in [-0.2, 0) is 14.4 Å². The Hall–Kier alpha value is -2.61. The van der Waals surface area contributed by atoms with E-state index in [4.69, 9.17) is 5.26 Å². The molecule has 0 unspecified atom stereocenters. The van der Waals surface area contributed by atoms with E-state index in [0.717, 1.165) is 0 Å². The van der Waals surface area contributed by atoms with Gasteiger partial charge in [0.2, 0.25) is 17.7 Å². The quantitative estimate of drug-likeness (QED) is 0.565. The smallest absolute Gasteiger partial charge is 0.243 e. The number of nitrogens with one attached hydrogen (secondary N) is 3. The van der Waals surface area contributed by atoms with Crippen molar-refractivity contribution in [2.75, 3.05) is 6.54 Å². The fraction of sp³-hybridized carbons (Fsp3) is 0.762. The molecule has 1 aliphatic carbocycles. The standard InChI is InChI=1S/C21H31N5O3/c1-13(2)9-18(26-20(28)15-5-3-14(11-22)4-6-15)21(29)25-17(12-23)10-16-7-8-24-19(16)27/h13-18H,3-10H2,1-2H3,(H,24,27)(H,25,29)(H,26,28)/t14-,15-,16-,17-,18-/m0/s1. The maximum absolute atomic E-state index is 12.8. The largest absolute Gasteiger partial charge is 0.356 e. The highest BCUT2D eigenvalue weighted by molar-refractivity contribution is 5.89. The molecule has 0 spiro atoms. The molecule has 2 rings (SSSR count). The summed E-state index contributed by atoms with van der Waals surface area (Å²) in [5.74, 6) is -0.892. The summed E-state index contributed by atoms with van der Waals surface area (Å²) in [5.41, 5.74) is 0. The Morgan fingerprint density at radius 1 is 1.14 bits per heavy atom. The monoisotopic (exact) mass is 401 g/mol. The maximum atomic E-state index is 12.8. The first-order valence-electron chi connectivity index (χ1n) is 10.5. The predicted molar refractivity (Wildman–Crippen MR) is 106 cm³/mol. The van der Waals surface area contributed by atoms with Gasteiger partial charge in [0.05, 0.1) is 12.1 Å². The average molecular weight is 402 g/mol. The van der Waals surface area contributed by atoms with E-state index in [-0.39, 0.29) is 47.8 Å². The van der Waals surface area contributed by atoms with Crippen molar-refractivity contribution < 1.29 is 14.4 Å². The van der Waals surface area contributed by atoms with Gasteiger partial charge in [-0.3, -0.25) is 14.4 Å². The minimum Gasteiger partial charge on any atom is -0.356 e.